The number of hydrogen-bond acceptors (Lipinski definition) is 3. The van der Waals surface area contributed by atoms with Crippen LogP contribution < -0.4 is 0 Å². The van der Waals surface area contributed by atoms with Gasteiger partial charge in [0, 0.05) is 30.3 Å². The van der Waals surface area contributed by atoms with Crippen LogP contribution in [0, 0.1) is 0 Å². The highest BCUT2D eigenvalue weighted by atomic mass is 35.5. The Bertz CT molecular complexity index is 503. The third-order valence-electron chi connectivity index (χ3n) is 3.85. The van der Waals surface area contributed by atoms with Crippen molar-refractivity contribution in [1.82, 2.24) is 4.90 Å². The van der Waals surface area contributed by atoms with E-state index < -0.39 is 5.97 Å². The second-order valence-electron chi connectivity index (χ2n) is 5.37. The van der Waals surface area contributed by atoms with E-state index in [1.54, 1.807) is 0 Å². The topological polar surface area (TPSA) is 57.6 Å². The summed E-state index contributed by atoms with van der Waals surface area (Å²) in [6.45, 7) is 0.758. The number of carboxylic acid groups (broad SMARTS) is 1. The summed E-state index contributed by atoms with van der Waals surface area (Å²) in [5, 5.41) is 8.81. The largest absolute Gasteiger partial charge is 0.481 e. The predicted molar refractivity (Wildman–Crippen MR) is 83.9 cm³/mol. The first-order valence-electron chi connectivity index (χ1n) is 7.31. The van der Waals surface area contributed by atoms with Crippen molar-refractivity contribution >= 4 is 34.8 Å². The molecule has 2 heterocycles. The fraction of sp³-hybridized carbons (Fsp3) is 0.600. The smallest absolute Gasteiger partial charge is 0.303 e. The van der Waals surface area contributed by atoms with Crippen LogP contribution in [0.2, 0.25) is 4.34 Å². The summed E-state index contributed by atoms with van der Waals surface area (Å²) >= 11 is 7.39. The van der Waals surface area contributed by atoms with E-state index in [9.17, 15) is 9.59 Å². The van der Waals surface area contributed by atoms with E-state index >= 15 is 0 Å². The zero-order chi connectivity index (χ0) is 15.2. The summed E-state index contributed by atoms with van der Waals surface area (Å²) in [6.07, 6.45) is 4.89. The summed E-state index contributed by atoms with van der Waals surface area (Å²) in [4.78, 5) is 26.1. The highest BCUT2D eigenvalue weighted by Crippen LogP contribution is 2.25. The molecule has 2 rings (SSSR count). The Kier molecular flexibility index (Phi) is 6.06. The van der Waals surface area contributed by atoms with Gasteiger partial charge in [-0.3, -0.25) is 9.59 Å². The standard InChI is InChI=1S/C15H20ClNO3S/c16-13-7-5-12(21-13)6-8-14(18)17-10-2-1-3-11(17)4-9-15(19)20/h5,7,11H,1-4,6,8-10H2,(H,19,20)/t11-/m0/s1. The molecule has 1 atom stereocenters. The molecule has 1 aromatic rings. The van der Waals surface area contributed by atoms with Crippen molar-refractivity contribution in [3.8, 4) is 0 Å². The number of carbonyl (C=O) groups is 2. The van der Waals surface area contributed by atoms with Gasteiger partial charge < -0.3 is 10.0 Å². The van der Waals surface area contributed by atoms with Crippen molar-refractivity contribution in [2.24, 2.45) is 0 Å². The molecule has 1 aliphatic rings. The third kappa shape index (κ3) is 5.00. The minimum absolute atomic E-state index is 0.0919. The summed E-state index contributed by atoms with van der Waals surface area (Å²) in [7, 11) is 0. The van der Waals surface area contributed by atoms with E-state index in [0.29, 0.717) is 19.3 Å². The van der Waals surface area contributed by atoms with E-state index in [1.165, 1.54) is 11.3 Å². The van der Waals surface area contributed by atoms with Crippen molar-refractivity contribution < 1.29 is 14.7 Å². The van der Waals surface area contributed by atoms with Crippen LogP contribution in [0.1, 0.15) is 43.4 Å². The lowest BCUT2D eigenvalue weighted by molar-refractivity contribution is -0.140. The molecule has 116 valence electrons. The van der Waals surface area contributed by atoms with Crippen LogP contribution in [-0.2, 0) is 16.0 Å². The molecular formula is C15H20ClNO3S. The number of aryl methyl sites for hydroxylation is 1. The zero-order valence-corrected chi connectivity index (χ0v) is 13.5. The van der Waals surface area contributed by atoms with Crippen molar-refractivity contribution in [2.75, 3.05) is 6.54 Å². The van der Waals surface area contributed by atoms with Gasteiger partial charge in [0.05, 0.1) is 4.34 Å². The maximum absolute atomic E-state index is 12.4. The van der Waals surface area contributed by atoms with E-state index in [1.807, 2.05) is 17.0 Å². The van der Waals surface area contributed by atoms with Gasteiger partial charge in [-0.15, -0.1) is 11.3 Å². The summed E-state index contributed by atoms with van der Waals surface area (Å²) < 4.78 is 0.745. The molecule has 1 amide bonds. The number of carboxylic acids is 1. The first-order chi connectivity index (χ1) is 10.1. The van der Waals surface area contributed by atoms with Gasteiger partial charge >= 0.3 is 5.97 Å². The Morgan fingerprint density at radius 3 is 2.81 bits per heavy atom. The van der Waals surface area contributed by atoms with Crippen molar-refractivity contribution in [2.45, 2.75) is 51.0 Å². The molecule has 1 fully saturated rings. The SMILES string of the molecule is O=C(O)CC[C@@H]1CCCCN1C(=O)CCc1ccc(Cl)s1. The second-order valence-corrected chi connectivity index (χ2v) is 7.17. The Hall–Kier alpha value is -1.07. The second kappa shape index (κ2) is 7.80. The molecule has 0 bridgehead atoms. The molecule has 0 aromatic carbocycles. The van der Waals surface area contributed by atoms with Gasteiger partial charge in [0.1, 0.15) is 0 Å². The maximum Gasteiger partial charge on any atom is 0.303 e. The number of carbonyl (C=O) groups excluding carboxylic acids is 1. The monoisotopic (exact) mass is 329 g/mol. The van der Waals surface area contributed by atoms with Gasteiger partial charge in [-0.1, -0.05) is 11.6 Å². The minimum Gasteiger partial charge on any atom is -0.481 e. The first-order valence-corrected chi connectivity index (χ1v) is 8.51. The molecule has 4 nitrogen and oxygen atoms in total. The fourth-order valence-electron chi connectivity index (χ4n) is 2.78. The van der Waals surface area contributed by atoms with Crippen molar-refractivity contribution in [3.05, 3.63) is 21.3 Å². The molecular weight excluding hydrogens is 310 g/mol. The van der Waals surface area contributed by atoms with Gasteiger partial charge in [0.25, 0.3) is 0 Å². The third-order valence-corrected chi connectivity index (χ3v) is 5.14. The van der Waals surface area contributed by atoms with E-state index in [0.717, 1.165) is 35.0 Å². The zero-order valence-electron chi connectivity index (χ0n) is 11.9. The summed E-state index contributed by atoms with van der Waals surface area (Å²) in [5.41, 5.74) is 0. The van der Waals surface area contributed by atoms with Gasteiger partial charge in [-0.05, 0) is 44.2 Å². The van der Waals surface area contributed by atoms with Gasteiger partial charge in [0.2, 0.25) is 5.91 Å². The van der Waals surface area contributed by atoms with Crippen LogP contribution in [0.4, 0.5) is 0 Å². The van der Waals surface area contributed by atoms with E-state index in [4.69, 9.17) is 16.7 Å². The maximum atomic E-state index is 12.4. The molecule has 0 saturated carbocycles. The number of thiophene rings is 1. The Morgan fingerprint density at radius 2 is 2.14 bits per heavy atom. The van der Waals surface area contributed by atoms with Crippen molar-refractivity contribution in [1.29, 1.82) is 0 Å². The highest BCUT2D eigenvalue weighted by molar-refractivity contribution is 7.16. The summed E-state index contributed by atoms with van der Waals surface area (Å²) in [5.74, 6) is -0.657. The van der Waals surface area contributed by atoms with Crippen LogP contribution in [0.3, 0.4) is 0 Å². The fourth-order valence-corrected chi connectivity index (χ4v) is 3.87. The van der Waals surface area contributed by atoms with Crippen LogP contribution in [0.15, 0.2) is 12.1 Å². The molecule has 0 unspecified atom stereocenters. The minimum atomic E-state index is -0.791. The molecule has 1 aliphatic heterocycles. The number of likely N-dealkylation sites (tertiary alicyclic amines) is 1. The molecule has 6 heteroatoms. The molecule has 1 saturated heterocycles. The Labute approximate surface area is 133 Å². The molecule has 21 heavy (non-hydrogen) atoms. The van der Waals surface area contributed by atoms with E-state index in [-0.39, 0.29) is 18.4 Å². The lowest BCUT2D eigenvalue weighted by atomic mass is 9.97. The lowest BCUT2D eigenvalue weighted by Gasteiger charge is -2.35. The normalized spacial score (nSPS) is 18.7. The molecule has 0 aliphatic carbocycles. The van der Waals surface area contributed by atoms with Crippen LogP contribution >= 0.6 is 22.9 Å². The van der Waals surface area contributed by atoms with Gasteiger partial charge in [0.15, 0.2) is 0 Å². The van der Waals surface area contributed by atoms with Gasteiger partial charge in [-0.25, -0.2) is 0 Å². The predicted octanol–water partition coefficient (Wildman–Crippen LogP) is 3.58. The number of halogens is 1. The first kappa shape index (κ1) is 16.3. The quantitative estimate of drug-likeness (QED) is 0.867. The summed E-state index contributed by atoms with van der Waals surface area (Å²) in [6, 6.07) is 3.90. The number of nitrogens with zero attached hydrogens (tertiary/aromatic N) is 1. The molecule has 0 radical (unpaired) electrons. The number of piperidine rings is 1. The lowest BCUT2D eigenvalue weighted by Crippen LogP contribution is -2.44. The van der Waals surface area contributed by atoms with Crippen molar-refractivity contribution in [3.63, 3.8) is 0 Å². The Morgan fingerprint density at radius 1 is 1.33 bits per heavy atom. The van der Waals surface area contributed by atoms with E-state index in [2.05, 4.69) is 0 Å². The highest BCUT2D eigenvalue weighted by Gasteiger charge is 2.26. The number of rotatable bonds is 6. The Balaban J connectivity index is 1.87. The molecule has 1 N–H and O–H groups in total. The van der Waals surface area contributed by atoms with Crippen LogP contribution in [0.25, 0.3) is 0 Å². The number of hydrogen-bond donors (Lipinski definition) is 1. The molecule has 0 spiro atoms. The average Bonchev–Trinajstić information content (AvgIpc) is 2.88. The number of aliphatic carboxylic acids is 1. The number of amides is 1. The molecule has 1 aromatic heterocycles. The van der Waals surface area contributed by atoms with Gasteiger partial charge in [-0.2, -0.15) is 0 Å². The van der Waals surface area contributed by atoms with Crippen LogP contribution in [0.5, 0.6) is 0 Å². The van der Waals surface area contributed by atoms with Crippen LogP contribution in [-0.4, -0.2) is 34.5 Å². The average molecular weight is 330 g/mol.